The van der Waals surface area contributed by atoms with E-state index in [2.05, 4.69) is 21.8 Å². The van der Waals surface area contributed by atoms with Gasteiger partial charge < -0.3 is 9.72 Å². The van der Waals surface area contributed by atoms with Crippen molar-refractivity contribution in [2.24, 2.45) is 0 Å². The number of hydrogen-bond acceptors (Lipinski definition) is 4. The maximum atomic E-state index is 14.5. The summed E-state index contributed by atoms with van der Waals surface area (Å²) in [4.78, 5) is 13.6. The molecular formula is C25H19ClFN3OS. The summed E-state index contributed by atoms with van der Waals surface area (Å²) < 4.78 is 20.8. The Balaban J connectivity index is 1.58. The zero-order valence-electron chi connectivity index (χ0n) is 17.9. The number of aryl methyl sites for hydroxylation is 2. The third-order valence-corrected chi connectivity index (χ3v) is 6.75. The molecule has 0 bridgehead atoms. The van der Waals surface area contributed by atoms with E-state index >= 15 is 0 Å². The lowest BCUT2D eigenvalue weighted by Gasteiger charge is -2.31. The van der Waals surface area contributed by atoms with E-state index in [1.807, 2.05) is 45.9 Å². The number of rotatable bonds is 1. The molecule has 0 radical (unpaired) electrons. The van der Waals surface area contributed by atoms with Gasteiger partial charge in [0.1, 0.15) is 23.0 Å². The predicted octanol–water partition coefficient (Wildman–Crippen LogP) is 6.64. The molecule has 3 heterocycles. The standard InChI is InChI=1S/C25H19ClFN3OS/c1-13-14(2)32-20(28-13)11-9-15-8-10-16-19(12-15)31-25(3,4)23-22(16)29-24(30-23)21-17(26)6-5-7-18(21)27/h5-8,10,12H,1-4H3,(H,29,30). The Morgan fingerprint density at radius 2 is 1.94 bits per heavy atom. The number of aromatic nitrogens is 3. The van der Waals surface area contributed by atoms with Gasteiger partial charge in [0.15, 0.2) is 5.01 Å². The Morgan fingerprint density at radius 1 is 1.12 bits per heavy atom. The fourth-order valence-electron chi connectivity index (χ4n) is 3.70. The van der Waals surface area contributed by atoms with Gasteiger partial charge in [0, 0.05) is 16.0 Å². The van der Waals surface area contributed by atoms with Gasteiger partial charge in [-0.3, -0.25) is 0 Å². The first-order valence-electron chi connectivity index (χ1n) is 10.1. The van der Waals surface area contributed by atoms with Crippen molar-refractivity contribution in [2.75, 3.05) is 0 Å². The molecule has 0 spiro atoms. The number of halogens is 2. The summed E-state index contributed by atoms with van der Waals surface area (Å²) in [6.45, 7) is 7.91. The summed E-state index contributed by atoms with van der Waals surface area (Å²) in [6.07, 6.45) is 0. The minimum Gasteiger partial charge on any atom is -0.481 e. The molecule has 0 aliphatic carbocycles. The molecule has 2 aromatic carbocycles. The maximum Gasteiger partial charge on any atom is 0.167 e. The molecule has 0 fully saturated rings. The molecule has 1 N–H and O–H groups in total. The van der Waals surface area contributed by atoms with E-state index in [1.54, 1.807) is 23.5 Å². The van der Waals surface area contributed by atoms with Gasteiger partial charge in [0.05, 0.1) is 27.7 Å². The van der Waals surface area contributed by atoms with Crippen molar-refractivity contribution >= 4 is 22.9 Å². The van der Waals surface area contributed by atoms with E-state index in [0.717, 1.165) is 33.2 Å². The summed E-state index contributed by atoms with van der Waals surface area (Å²) >= 11 is 7.85. The highest BCUT2D eigenvalue weighted by Crippen LogP contribution is 2.45. The second kappa shape index (κ2) is 7.47. The van der Waals surface area contributed by atoms with E-state index in [9.17, 15) is 4.39 Å². The first kappa shape index (κ1) is 20.7. The van der Waals surface area contributed by atoms with Crippen LogP contribution in [0.1, 0.15) is 40.7 Å². The summed E-state index contributed by atoms with van der Waals surface area (Å²) in [5.41, 5.74) is 3.69. The molecule has 4 nitrogen and oxygen atoms in total. The molecule has 7 heteroatoms. The summed E-state index contributed by atoms with van der Waals surface area (Å²) in [7, 11) is 0. The Bertz CT molecular complexity index is 1400. The Hall–Kier alpha value is -3.14. The van der Waals surface area contributed by atoms with Crippen molar-refractivity contribution in [3.8, 4) is 40.2 Å². The van der Waals surface area contributed by atoms with Crippen molar-refractivity contribution < 1.29 is 9.13 Å². The van der Waals surface area contributed by atoms with Crippen LogP contribution in [0, 0.1) is 31.5 Å². The second-order valence-electron chi connectivity index (χ2n) is 8.14. The van der Waals surface area contributed by atoms with Crippen LogP contribution in [-0.2, 0) is 5.60 Å². The van der Waals surface area contributed by atoms with Gasteiger partial charge in [-0.1, -0.05) is 23.6 Å². The average molecular weight is 464 g/mol. The highest BCUT2D eigenvalue weighted by atomic mass is 35.5. The van der Waals surface area contributed by atoms with Gasteiger partial charge in [0.25, 0.3) is 0 Å². The van der Waals surface area contributed by atoms with E-state index in [-0.39, 0.29) is 5.56 Å². The fourth-order valence-corrected chi connectivity index (χ4v) is 4.72. The van der Waals surface area contributed by atoms with Crippen LogP contribution in [0.3, 0.4) is 0 Å². The Labute approximate surface area is 194 Å². The number of ether oxygens (including phenoxy) is 1. The topological polar surface area (TPSA) is 50.8 Å². The molecular weight excluding hydrogens is 445 g/mol. The van der Waals surface area contributed by atoms with Crippen LogP contribution in [0.15, 0.2) is 36.4 Å². The summed E-state index contributed by atoms with van der Waals surface area (Å²) in [5.74, 6) is 6.93. The molecule has 0 amide bonds. The van der Waals surface area contributed by atoms with Crippen molar-refractivity contribution in [3.63, 3.8) is 0 Å². The zero-order chi connectivity index (χ0) is 22.6. The van der Waals surface area contributed by atoms with Crippen LogP contribution in [0.5, 0.6) is 5.75 Å². The molecule has 1 aliphatic rings. The number of H-pyrrole nitrogens is 1. The minimum atomic E-state index is -0.694. The largest absolute Gasteiger partial charge is 0.481 e. The van der Waals surface area contributed by atoms with Gasteiger partial charge in [-0.2, -0.15) is 0 Å². The summed E-state index contributed by atoms with van der Waals surface area (Å²) in [6, 6.07) is 10.4. The minimum absolute atomic E-state index is 0.248. The first-order chi connectivity index (χ1) is 15.2. The molecule has 32 heavy (non-hydrogen) atoms. The third kappa shape index (κ3) is 3.48. The van der Waals surface area contributed by atoms with Crippen LogP contribution < -0.4 is 4.74 Å². The first-order valence-corrected chi connectivity index (χ1v) is 11.3. The van der Waals surface area contributed by atoms with Crippen molar-refractivity contribution in [1.29, 1.82) is 0 Å². The van der Waals surface area contributed by atoms with E-state index in [4.69, 9.17) is 21.3 Å². The number of benzene rings is 2. The van der Waals surface area contributed by atoms with Crippen LogP contribution in [0.4, 0.5) is 4.39 Å². The van der Waals surface area contributed by atoms with Crippen molar-refractivity contribution in [3.05, 3.63) is 74.1 Å². The van der Waals surface area contributed by atoms with Gasteiger partial charge in [0.2, 0.25) is 0 Å². The fraction of sp³-hybridized carbons (Fsp3) is 0.200. The second-order valence-corrected chi connectivity index (χ2v) is 9.75. The molecule has 4 aromatic rings. The quantitative estimate of drug-likeness (QED) is 0.322. The van der Waals surface area contributed by atoms with Crippen LogP contribution in [0.25, 0.3) is 22.6 Å². The highest BCUT2D eigenvalue weighted by molar-refractivity contribution is 7.12. The summed E-state index contributed by atoms with van der Waals surface area (Å²) in [5, 5.41) is 1.09. The SMILES string of the molecule is Cc1nc(C#Cc2ccc3c(c2)OC(C)(C)c2[nH]c(-c4c(F)cccc4Cl)nc2-3)sc1C. The molecule has 2 aromatic heterocycles. The normalized spacial score (nSPS) is 13.6. The molecule has 160 valence electrons. The van der Waals surface area contributed by atoms with E-state index < -0.39 is 11.4 Å². The lowest BCUT2D eigenvalue weighted by atomic mass is 9.94. The maximum absolute atomic E-state index is 14.5. The van der Waals surface area contributed by atoms with E-state index in [0.29, 0.717) is 16.6 Å². The lowest BCUT2D eigenvalue weighted by molar-refractivity contribution is 0.101. The number of nitrogens with one attached hydrogen (secondary N) is 1. The molecule has 0 saturated carbocycles. The lowest BCUT2D eigenvalue weighted by Crippen LogP contribution is -2.29. The molecule has 1 aliphatic heterocycles. The number of imidazole rings is 1. The van der Waals surface area contributed by atoms with Crippen LogP contribution in [0.2, 0.25) is 5.02 Å². The highest BCUT2D eigenvalue weighted by Gasteiger charge is 2.36. The zero-order valence-corrected chi connectivity index (χ0v) is 19.5. The van der Waals surface area contributed by atoms with Gasteiger partial charge in [-0.05, 0) is 63.9 Å². The monoisotopic (exact) mass is 463 g/mol. The van der Waals surface area contributed by atoms with Crippen molar-refractivity contribution in [2.45, 2.75) is 33.3 Å². The average Bonchev–Trinajstić information content (AvgIpc) is 3.30. The number of hydrogen-bond donors (Lipinski definition) is 1. The van der Waals surface area contributed by atoms with Gasteiger partial charge in [-0.15, -0.1) is 11.3 Å². The molecule has 0 saturated heterocycles. The number of fused-ring (bicyclic) bond motifs is 3. The van der Waals surface area contributed by atoms with Gasteiger partial charge in [-0.25, -0.2) is 14.4 Å². The van der Waals surface area contributed by atoms with Gasteiger partial charge >= 0.3 is 0 Å². The Kier molecular flexibility index (Phi) is 4.85. The molecule has 0 atom stereocenters. The number of aromatic amines is 1. The molecule has 5 rings (SSSR count). The Morgan fingerprint density at radius 3 is 2.66 bits per heavy atom. The third-order valence-electron chi connectivity index (χ3n) is 5.45. The van der Waals surface area contributed by atoms with Crippen LogP contribution >= 0.6 is 22.9 Å². The number of thiazole rings is 1. The number of nitrogens with zero attached hydrogens (tertiary/aromatic N) is 2. The van der Waals surface area contributed by atoms with E-state index in [1.165, 1.54) is 10.9 Å². The molecule has 0 unspecified atom stereocenters. The van der Waals surface area contributed by atoms with Crippen molar-refractivity contribution in [1.82, 2.24) is 15.0 Å². The predicted molar refractivity (Wildman–Crippen MR) is 126 cm³/mol. The van der Waals surface area contributed by atoms with Crippen LogP contribution in [-0.4, -0.2) is 15.0 Å². The smallest absolute Gasteiger partial charge is 0.167 e.